The number of carbonyl (C=O) groups excluding carboxylic acids is 1. The summed E-state index contributed by atoms with van der Waals surface area (Å²) >= 11 is 0. The number of hydrogen-bond donors (Lipinski definition) is 3. The zero-order valence-electron chi connectivity index (χ0n) is 20.5. The highest BCUT2D eigenvalue weighted by Gasteiger charge is 2.13. The minimum Gasteiger partial charge on any atom is -0.455 e. The zero-order chi connectivity index (χ0) is 25.9. The van der Waals surface area contributed by atoms with Gasteiger partial charge >= 0.3 is 0 Å². The molecule has 0 radical (unpaired) electrons. The molecule has 0 spiro atoms. The Morgan fingerprint density at radius 2 is 1.53 bits per heavy atom. The average molecular weight is 500 g/mol. The Morgan fingerprint density at radius 3 is 2.34 bits per heavy atom. The summed E-state index contributed by atoms with van der Waals surface area (Å²) in [6.45, 7) is 0.487. The van der Waals surface area contributed by atoms with Gasteiger partial charge in [-0.2, -0.15) is 0 Å². The molecule has 0 aliphatic carbocycles. The maximum absolute atomic E-state index is 12.5. The number of benzene rings is 4. The third-order valence-electron chi connectivity index (χ3n) is 6.41. The van der Waals surface area contributed by atoms with E-state index in [-0.39, 0.29) is 5.91 Å². The maximum Gasteiger partial charge on any atom is 0.228 e. The van der Waals surface area contributed by atoms with Gasteiger partial charge < -0.3 is 20.8 Å². The summed E-state index contributed by atoms with van der Waals surface area (Å²) in [6, 6.07) is 31.2. The van der Waals surface area contributed by atoms with E-state index in [1.807, 2.05) is 84.9 Å². The molecule has 2 heterocycles. The Bertz CT molecular complexity index is 1740. The van der Waals surface area contributed by atoms with Crippen molar-refractivity contribution >= 4 is 45.0 Å². The first-order valence-electron chi connectivity index (χ1n) is 12.3. The first-order chi connectivity index (χ1) is 18.7. The number of carbonyl (C=O) groups is 1. The SMILES string of the molecule is NCc1ccc(CC(=O)Nc2ccc(Nc3cc(-c4cccc5c4oc4ccccc45)ncn3)cc2)cc1. The van der Waals surface area contributed by atoms with E-state index >= 15 is 0 Å². The van der Waals surface area contributed by atoms with Crippen LogP contribution in [0.1, 0.15) is 11.1 Å². The van der Waals surface area contributed by atoms with E-state index < -0.39 is 0 Å². The number of nitrogens with one attached hydrogen (secondary N) is 2. The lowest BCUT2D eigenvalue weighted by molar-refractivity contribution is -0.115. The second-order valence-corrected chi connectivity index (χ2v) is 9.02. The van der Waals surface area contributed by atoms with Crippen LogP contribution in [0.25, 0.3) is 33.2 Å². The molecule has 4 N–H and O–H groups in total. The summed E-state index contributed by atoms with van der Waals surface area (Å²) in [5.41, 5.74) is 12.5. The third-order valence-corrected chi connectivity index (χ3v) is 6.41. The minimum absolute atomic E-state index is 0.0774. The average Bonchev–Trinajstić information content (AvgIpc) is 3.34. The molecule has 0 fully saturated rings. The Balaban J connectivity index is 1.16. The van der Waals surface area contributed by atoms with E-state index in [2.05, 4.69) is 32.7 Å². The van der Waals surface area contributed by atoms with Crippen LogP contribution < -0.4 is 16.4 Å². The molecule has 7 heteroatoms. The largest absolute Gasteiger partial charge is 0.455 e. The number of nitrogens with zero attached hydrogens (tertiary/aromatic N) is 2. The van der Waals surface area contributed by atoms with Gasteiger partial charge in [-0.25, -0.2) is 9.97 Å². The molecule has 6 aromatic rings. The summed E-state index contributed by atoms with van der Waals surface area (Å²) in [4.78, 5) is 21.3. The molecular formula is C31H25N5O2. The number of aromatic nitrogens is 2. The highest BCUT2D eigenvalue weighted by Crippen LogP contribution is 2.35. The second kappa shape index (κ2) is 10.2. The molecule has 7 nitrogen and oxygen atoms in total. The van der Waals surface area contributed by atoms with Crippen molar-refractivity contribution in [3.05, 3.63) is 115 Å². The first-order valence-corrected chi connectivity index (χ1v) is 12.3. The van der Waals surface area contributed by atoms with Gasteiger partial charge in [0.2, 0.25) is 5.91 Å². The molecule has 0 aliphatic heterocycles. The fraction of sp³-hybridized carbons (Fsp3) is 0.0645. The lowest BCUT2D eigenvalue weighted by atomic mass is 10.1. The number of furan rings is 1. The van der Waals surface area contributed by atoms with Crippen LogP contribution in [0.5, 0.6) is 0 Å². The van der Waals surface area contributed by atoms with Crippen molar-refractivity contribution in [3.63, 3.8) is 0 Å². The number of rotatable bonds is 7. The Morgan fingerprint density at radius 1 is 0.789 bits per heavy atom. The number of hydrogen-bond acceptors (Lipinski definition) is 6. The molecule has 2 aromatic heterocycles. The highest BCUT2D eigenvalue weighted by molar-refractivity contribution is 6.09. The molecule has 0 saturated carbocycles. The molecule has 0 unspecified atom stereocenters. The van der Waals surface area contributed by atoms with E-state index in [0.717, 1.165) is 55.7 Å². The van der Waals surface area contributed by atoms with Gasteiger partial charge in [0, 0.05) is 40.3 Å². The monoisotopic (exact) mass is 499 g/mol. The van der Waals surface area contributed by atoms with E-state index in [1.165, 1.54) is 6.33 Å². The van der Waals surface area contributed by atoms with Crippen molar-refractivity contribution in [2.24, 2.45) is 5.73 Å². The van der Waals surface area contributed by atoms with Gasteiger partial charge in [0.25, 0.3) is 0 Å². The molecular weight excluding hydrogens is 474 g/mol. The molecule has 4 aromatic carbocycles. The smallest absolute Gasteiger partial charge is 0.228 e. The van der Waals surface area contributed by atoms with Crippen molar-refractivity contribution in [2.45, 2.75) is 13.0 Å². The van der Waals surface area contributed by atoms with Crippen molar-refractivity contribution in [1.29, 1.82) is 0 Å². The maximum atomic E-state index is 12.5. The number of anilines is 3. The van der Waals surface area contributed by atoms with Crippen LogP contribution in [-0.2, 0) is 17.8 Å². The summed E-state index contributed by atoms with van der Waals surface area (Å²) in [7, 11) is 0. The van der Waals surface area contributed by atoms with Crippen molar-refractivity contribution < 1.29 is 9.21 Å². The van der Waals surface area contributed by atoms with E-state index in [1.54, 1.807) is 0 Å². The Hall–Kier alpha value is -5.01. The van der Waals surface area contributed by atoms with Crippen molar-refractivity contribution in [3.8, 4) is 11.3 Å². The van der Waals surface area contributed by atoms with Gasteiger partial charge in [-0.15, -0.1) is 0 Å². The molecule has 0 aliphatic rings. The van der Waals surface area contributed by atoms with Crippen LogP contribution in [0.4, 0.5) is 17.2 Å². The third kappa shape index (κ3) is 4.83. The number of para-hydroxylation sites is 2. The number of fused-ring (bicyclic) bond motifs is 3. The van der Waals surface area contributed by atoms with Crippen LogP contribution in [0.3, 0.4) is 0 Å². The van der Waals surface area contributed by atoms with Gasteiger partial charge in [0.05, 0.1) is 12.1 Å². The standard InChI is InChI=1S/C31H25N5O2/c32-18-21-10-8-20(9-11-21)16-30(37)36-23-14-12-22(13-15-23)35-29-17-27(33-19-34-29)26-6-3-5-25-24-4-1-2-7-28(24)38-31(25)26/h1-15,17,19H,16,18,32H2,(H,36,37)(H,33,34,35). The lowest BCUT2D eigenvalue weighted by Crippen LogP contribution is -2.14. The molecule has 186 valence electrons. The minimum atomic E-state index is -0.0774. The Kier molecular flexibility index (Phi) is 6.25. The Labute approximate surface area is 219 Å². The summed E-state index contributed by atoms with van der Waals surface area (Å²) < 4.78 is 6.17. The molecule has 0 bridgehead atoms. The first kappa shape index (κ1) is 23.4. The fourth-order valence-corrected chi connectivity index (χ4v) is 4.49. The van der Waals surface area contributed by atoms with Gasteiger partial charge in [-0.05, 0) is 47.5 Å². The summed E-state index contributed by atoms with van der Waals surface area (Å²) in [6.07, 6.45) is 1.83. The van der Waals surface area contributed by atoms with E-state index in [4.69, 9.17) is 10.2 Å². The van der Waals surface area contributed by atoms with Crippen LogP contribution in [-0.4, -0.2) is 15.9 Å². The summed E-state index contributed by atoms with van der Waals surface area (Å²) in [5, 5.41) is 8.39. The molecule has 38 heavy (non-hydrogen) atoms. The summed E-state index contributed by atoms with van der Waals surface area (Å²) in [5.74, 6) is 0.576. The van der Waals surface area contributed by atoms with Crippen molar-refractivity contribution in [1.82, 2.24) is 9.97 Å². The molecule has 6 rings (SSSR count). The fourth-order valence-electron chi connectivity index (χ4n) is 4.49. The molecule has 1 amide bonds. The van der Waals surface area contributed by atoms with Gasteiger partial charge in [0.1, 0.15) is 23.3 Å². The van der Waals surface area contributed by atoms with Gasteiger partial charge in [0.15, 0.2) is 0 Å². The van der Waals surface area contributed by atoms with E-state index in [0.29, 0.717) is 18.8 Å². The van der Waals surface area contributed by atoms with Gasteiger partial charge in [-0.3, -0.25) is 4.79 Å². The highest BCUT2D eigenvalue weighted by atomic mass is 16.3. The predicted molar refractivity (Wildman–Crippen MR) is 151 cm³/mol. The van der Waals surface area contributed by atoms with Gasteiger partial charge in [-0.1, -0.05) is 54.6 Å². The number of nitrogens with two attached hydrogens (primary N) is 1. The predicted octanol–water partition coefficient (Wildman–Crippen LogP) is 6.43. The van der Waals surface area contributed by atoms with Crippen LogP contribution in [0.15, 0.2) is 108 Å². The quantitative estimate of drug-likeness (QED) is 0.234. The second-order valence-electron chi connectivity index (χ2n) is 9.02. The van der Waals surface area contributed by atoms with Crippen molar-refractivity contribution in [2.75, 3.05) is 10.6 Å². The van der Waals surface area contributed by atoms with Crippen LogP contribution in [0.2, 0.25) is 0 Å². The van der Waals surface area contributed by atoms with E-state index in [9.17, 15) is 4.79 Å². The topological polar surface area (TPSA) is 106 Å². The molecule has 0 atom stereocenters. The lowest BCUT2D eigenvalue weighted by Gasteiger charge is -2.09. The van der Waals surface area contributed by atoms with Crippen LogP contribution >= 0.6 is 0 Å². The zero-order valence-corrected chi connectivity index (χ0v) is 20.5. The molecule has 0 saturated heterocycles. The van der Waals surface area contributed by atoms with Crippen LogP contribution in [0, 0.1) is 0 Å². The normalized spacial score (nSPS) is 11.1. The number of amides is 1.